The molecular formula is C12H12N2O6. The molecule has 0 radical (unpaired) electrons. The van der Waals surface area contributed by atoms with E-state index in [0.717, 1.165) is 0 Å². The average Bonchev–Trinajstić information content (AvgIpc) is 3.17. The zero-order valence-corrected chi connectivity index (χ0v) is 10.4. The lowest BCUT2D eigenvalue weighted by Crippen LogP contribution is -2.45. The average molecular weight is 280 g/mol. The number of amides is 1. The Morgan fingerprint density at radius 3 is 2.70 bits per heavy atom. The van der Waals surface area contributed by atoms with E-state index in [9.17, 15) is 19.7 Å². The zero-order valence-electron chi connectivity index (χ0n) is 10.4. The molecular weight excluding hydrogens is 268 g/mol. The first-order chi connectivity index (χ1) is 9.43. The smallest absolute Gasteiger partial charge is 0.329 e. The molecule has 1 aliphatic rings. The Morgan fingerprint density at radius 2 is 2.15 bits per heavy atom. The van der Waals surface area contributed by atoms with Crippen LogP contribution in [0.4, 0.5) is 5.69 Å². The van der Waals surface area contributed by atoms with Crippen LogP contribution in [0.15, 0.2) is 24.3 Å². The van der Waals surface area contributed by atoms with Gasteiger partial charge >= 0.3 is 5.97 Å². The maximum Gasteiger partial charge on any atom is 0.329 e. The fourth-order valence-electron chi connectivity index (χ4n) is 1.66. The predicted octanol–water partition coefficient (Wildman–Crippen LogP) is 0.707. The second-order valence-electron chi connectivity index (χ2n) is 4.48. The number of aliphatic carboxylic acids is 1. The Balaban J connectivity index is 1.89. The Hall–Kier alpha value is -2.64. The number of non-ortho nitro benzene ring substituents is 1. The fourth-order valence-corrected chi connectivity index (χ4v) is 1.66. The van der Waals surface area contributed by atoms with Crippen LogP contribution in [0.25, 0.3) is 0 Å². The SMILES string of the molecule is O=C(COc1cccc([N+](=O)[O-])c1)NC1(C(=O)O)CC1. The van der Waals surface area contributed by atoms with E-state index in [4.69, 9.17) is 9.84 Å². The van der Waals surface area contributed by atoms with Crippen molar-refractivity contribution in [2.24, 2.45) is 0 Å². The number of carboxylic acids is 1. The summed E-state index contributed by atoms with van der Waals surface area (Å²) in [7, 11) is 0. The van der Waals surface area contributed by atoms with Gasteiger partial charge in [0.25, 0.3) is 11.6 Å². The van der Waals surface area contributed by atoms with Gasteiger partial charge in [0.15, 0.2) is 6.61 Å². The zero-order chi connectivity index (χ0) is 14.8. The van der Waals surface area contributed by atoms with Crippen LogP contribution < -0.4 is 10.1 Å². The standard InChI is InChI=1S/C12H12N2O6/c15-10(13-12(4-5-12)11(16)17)7-20-9-3-1-2-8(6-9)14(18)19/h1-3,6H,4-5,7H2,(H,13,15)(H,16,17). The predicted molar refractivity (Wildman–Crippen MR) is 66.3 cm³/mol. The summed E-state index contributed by atoms with van der Waals surface area (Å²) in [4.78, 5) is 32.4. The topological polar surface area (TPSA) is 119 Å². The van der Waals surface area contributed by atoms with Crippen molar-refractivity contribution in [2.45, 2.75) is 18.4 Å². The van der Waals surface area contributed by atoms with Crippen LogP contribution in [0.5, 0.6) is 5.75 Å². The van der Waals surface area contributed by atoms with Gasteiger partial charge in [-0.25, -0.2) is 4.79 Å². The van der Waals surface area contributed by atoms with E-state index in [1.165, 1.54) is 24.3 Å². The summed E-state index contributed by atoms with van der Waals surface area (Å²) in [6.07, 6.45) is 0.787. The van der Waals surface area contributed by atoms with Crippen molar-refractivity contribution in [3.05, 3.63) is 34.4 Å². The van der Waals surface area contributed by atoms with Crippen LogP contribution in [-0.4, -0.2) is 34.1 Å². The number of rotatable bonds is 6. The summed E-state index contributed by atoms with van der Waals surface area (Å²) in [5, 5.41) is 21.8. The lowest BCUT2D eigenvalue weighted by atomic mass is 10.3. The van der Waals surface area contributed by atoms with Crippen molar-refractivity contribution in [1.82, 2.24) is 5.32 Å². The van der Waals surface area contributed by atoms with Crippen molar-refractivity contribution < 1.29 is 24.4 Å². The Labute approximate surface area is 113 Å². The molecule has 0 saturated heterocycles. The fraction of sp³-hybridized carbons (Fsp3) is 0.333. The number of ether oxygens (including phenoxy) is 1. The summed E-state index contributed by atoms with van der Waals surface area (Å²) < 4.78 is 5.10. The van der Waals surface area contributed by atoms with E-state index in [0.29, 0.717) is 12.8 Å². The highest BCUT2D eigenvalue weighted by atomic mass is 16.6. The number of benzene rings is 1. The summed E-state index contributed by atoms with van der Waals surface area (Å²) >= 11 is 0. The minimum atomic E-state index is -1.16. The van der Waals surface area contributed by atoms with Crippen LogP contribution in [-0.2, 0) is 9.59 Å². The van der Waals surface area contributed by atoms with Gasteiger partial charge < -0.3 is 15.2 Å². The number of carbonyl (C=O) groups is 2. The molecule has 0 aliphatic heterocycles. The van der Waals surface area contributed by atoms with Gasteiger partial charge in [0, 0.05) is 6.07 Å². The number of nitro groups is 1. The Morgan fingerprint density at radius 1 is 1.45 bits per heavy atom. The maximum absolute atomic E-state index is 11.6. The highest BCUT2D eigenvalue weighted by Gasteiger charge is 2.51. The normalized spacial score (nSPS) is 15.2. The number of carboxylic acid groups (broad SMARTS) is 1. The summed E-state index contributed by atoms with van der Waals surface area (Å²) in [6.45, 7) is -0.393. The summed E-state index contributed by atoms with van der Waals surface area (Å²) in [5.74, 6) is -1.47. The first kappa shape index (κ1) is 13.8. The van der Waals surface area contributed by atoms with Crippen molar-refractivity contribution >= 4 is 17.6 Å². The first-order valence-corrected chi connectivity index (χ1v) is 5.85. The minimum Gasteiger partial charge on any atom is -0.484 e. The van der Waals surface area contributed by atoms with Gasteiger partial charge in [-0.2, -0.15) is 0 Å². The van der Waals surface area contributed by atoms with Gasteiger partial charge in [0.05, 0.1) is 11.0 Å². The summed E-state index contributed by atoms with van der Waals surface area (Å²) in [5.41, 5.74) is -1.31. The molecule has 2 rings (SSSR count). The molecule has 1 fully saturated rings. The highest BCUT2D eigenvalue weighted by Crippen LogP contribution is 2.35. The van der Waals surface area contributed by atoms with Crippen molar-refractivity contribution in [2.75, 3.05) is 6.61 Å². The third-order valence-corrected chi connectivity index (χ3v) is 2.94. The number of hydrogen-bond donors (Lipinski definition) is 2. The third kappa shape index (κ3) is 3.02. The minimum absolute atomic E-state index is 0.146. The van der Waals surface area contributed by atoms with Crippen LogP contribution in [0.3, 0.4) is 0 Å². The second-order valence-corrected chi connectivity index (χ2v) is 4.48. The molecule has 106 valence electrons. The number of nitro benzene ring substituents is 1. The Bertz CT molecular complexity index is 567. The monoisotopic (exact) mass is 280 g/mol. The number of nitrogens with one attached hydrogen (secondary N) is 1. The summed E-state index contributed by atoms with van der Waals surface area (Å²) in [6, 6.07) is 5.41. The van der Waals surface area contributed by atoms with E-state index in [1.807, 2.05) is 0 Å². The van der Waals surface area contributed by atoms with Crippen LogP contribution in [0, 0.1) is 10.1 Å². The lowest BCUT2D eigenvalue weighted by molar-refractivity contribution is -0.384. The largest absolute Gasteiger partial charge is 0.484 e. The molecule has 1 aromatic carbocycles. The van der Waals surface area contributed by atoms with E-state index >= 15 is 0 Å². The molecule has 0 aromatic heterocycles. The number of nitrogens with zero attached hydrogens (tertiary/aromatic N) is 1. The van der Waals surface area contributed by atoms with Gasteiger partial charge in [0.1, 0.15) is 11.3 Å². The first-order valence-electron chi connectivity index (χ1n) is 5.85. The molecule has 1 saturated carbocycles. The van der Waals surface area contributed by atoms with Crippen molar-refractivity contribution in [3.8, 4) is 5.75 Å². The van der Waals surface area contributed by atoms with Gasteiger partial charge in [0.2, 0.25) is 0 Å². The van der Waals surface area contributed by atoms with Gasteiger partial charge in [-0.1, -0.05) is 6.07 Å². The number of carbonyl (C=O) groups excluding carboxylic acids is 1. The molecule has 2 N–H and O–H groups in total. The maximum atomic E-state index is 11.6. The highest BCUT2D eigenvalue weighted by molar-refractivity contribution is 5.90. The van der Waals surface area contributed by atoms with Crippen molar-refractivity contribution in [3.63, 3.8) is 0 Å². The van der Waals surface area contributed by atoms with Gasteiger partial charge in [-0.05, 0) is 18.9 Å². The third-order valence-electron chi connectivity index (χ3n) is 2.94. The lowest BCUT2D eigenvalue weighted by Gasteiger charge is -2.12. The molecule has 0 bridgehead atoms. The molecule has 0 spiro atoms. The molecule has 0 atom stereocenters. The van der Waals surface area contributed by atoms with Crippen LogP contribution in [0.1, 0.15) is 12.8 Å². The Kier molecular flexibility index (Phi) is 3.55. The molecule has 20 heavy (non-hydrogen) atoms. The van der Waals surface area contributed by atoms with Gasteiger partial charge in [-0.3, -0.25) is 14.9 Å². The molecule has 8 nitrogen and oxygen atoms in total. The van der Waals surface area contributed by atoms with Crippen LogP contribution >= 0.6 is 0 Å². The molecule has 0 heterocycles. The van der Waals surface area contributed by atoms with E-state index < -0.39 is 28.9 Å². The van der Waals surface area contributed by atoms with E-state index in [-0.39, 0.29) is 11.4 Å². The molecule has 1 aliphatic carbocycles. The molecule has 0 unspecified atom stereocenters. The quantitative estimate of drug-likeness (QED) is 0.585. The molecule has 8 heteroatoms. The molecule has 1 amide bonds. The second kappa shape index (κ2) is 5.16. The number of hydrogen-bond acceptors (Lipinski definition) is 5. The van der Waals surface area contributed by atoms with Gasteiger partial charge in [-0.15, -0.1) is 0 Å². The van der Waals surface area contributed by atoms with Crippen molar-refractivity contribution in [1.29, 1.82) is 0 Å². The molecule has 1 aromatic rings. The van der Waals surface area contributed by atoms with E-state index in [2.05, 4.69) is 5.32 Å². The van der Waals surface area contributed by atoms with E-state index in [1.54, 1.807) is 0 Å². The van der Waals surface area contributed by atoms with Crippen LogP contribution in [0.2, 0.25) is 0 Å².